The van der Waals surface area contributed by atoms with Crippen LogP contribution in [0.25, 0.3) is 0 Å². The van der Waals surface area contributed by atoms with Crippen molar-refractivity contribution < 1.29 is 22.3 Å². The van der Waals surface area contributed by atoms with Gasteiger partial charge < -0.3 is 10.5 Å². The van der Waals surface area contributed by atoms with E-state index in [0.29, 0.717) is 6.42 Å². The second kappa shape index (κ2) is 9.82. The van der Waals surface area contributed by atoms with Gasteiger partial charge in [0.2, 0.25) is 10.0 Å². The molecular formula is C14H22ClFN2O4S. The lowest BCUT2D eigenvalue weighted by atomic mass is 10.1. The van der Waals surface area contributed by atoms with Crippen molar-refractivity contribution in [1.29, 1.82) is 0 Å². The number of nitrogens with one attached hydrogen (secondary N) is 1. The molecule has 0 aliphatic carbocycles. The summed E-state index contributed by atoms with van der Waals surface area (Å²) in [6, 6.07) is 2.41. The highest BCUT2D eigenvalue weighted by atomic mass is 35.5. The van der Waals surface area contributed by atoms with E-state index in [0.717, 1.165) is 38.2 Å². The fourth-order valence-corrected chi connectivity index (χ4v) is 3.42. The summed E-state index contributed by atoms with van der Waals surface area (Å²) < 4.78 is 45.1. The monoisotopic (exact) mass is 368 g/mol. The van der Waals surface area contributed by atoms with Gasteiger partial charge in [-0.1, -0.05) is 19.8 Å². The minimum atomic E-state index is -4.00. The van der Waals surface area contributed by atoms with Gasteiger partial charge in [-0.25, -0.2) is 22.3 Å². The van der Waals surface area contributed by atoms with Crippen LogP contribution >= 0.6 is 12.4 Å². The van der Waals surface area contributed by atoms with E-state index >= 15 is 0 Å². The summed E-state index contributed by atoms with van der Waals surface area (Å²) in [6.45, 7) is 2.12. The Hall–Kier alpha value is -1.22. The highest BCUT2D eigenvalue weighted by Crippen LogP contribution is 2.19. The van der Waals surface area contributed by atoms with Crippen LogP contribution in [-0.2, 0) is 14.8 Å². The predicted octanol–water partition coefficient (Wildman–Crippen LogP) is 1.83. The summed E-state index contributed by atoms with van der Waals surface area (Å²) >= 11 is 0. The number of esters is 1. The Bertz CT molecular complexity index is 625. The first-order valence-electron chi connectivity index (χ1n) is 6.96. The van der Waals surface area contributed by atoms with Crippen LogP contribution < -0.4 is 10.5 Å². The normalized spacial score (nSPS) is 12.3. The number of halogens is 2. The lowest BCUT2D eigenvalue weighted by Gasteiger charge is -2.17. The summed E-state index contributed by atoms with van der Waals surface area (Å²) in [5.41, 5.74) is 5.22. The SMILES string of the molecule is CCCCC(CN)NS(=O)(=O)c1ccc(F)cc1C(=O)OC.Cl. The zero-order chi connectivity index (χ0) is 16.8. The van der Waals surface area contributed by atoms with E-state index in [1.165, 1.54) is 0 Å². The molecule has 1 aromatic rings. The van der Waals surface area contributed by atoms with Crippen molar-refractivity contribution in [3.05, 3.63) is 29.6 Å². The quantitative estimate of drug-likeness (QED) is 0.682. The van der Waals surface area contributed by atoms with Gasteiger partial charge in [0, 0.05) is 12.6 Å². The second-order valence-electron chi connectivity index (χ2n) is 4.83. The molecular weight excluding hydrogens is 347 g/mol. The van der Waals surface area contributed by atoms with Crippen LogP contribution in [0.15, 0.2) is 23.1 Å². The minimum absolute atomic E-state index is 0. The van der Waals surface area contributed by atoms with Gasteiger partial charge in [-0.2, -0.15) is 0 Å². The maximum atomic E-state index is 13.3. The Balaban J connectivity index is 0.00000484. The van der Waals surface area contributed by atoms with Crippen LogP contribution in [0.2, 0.25) is 0 Å². The first-order chi connectivity index (χ1) is 10.4. The largest absolute Gasteiger partial charge is 0.465 e. The number of carbonyl (C=O) groups is 1. The predicted molar refractivity (Wildman–Crippen MR) is 87.7 cm³/mol. The van der Waals surface area contributed by atoms with E-state index in [-0.39, 0.29) is 29.4 Å². The fraction of sp³-hybridized carbons (Fsp3) is 0.500. The zero-order valence-electron chi connectivity index (χ0n) is 13.0. The molecule has 1 aromatic carbocycles. The number of sulfonamides is 1. The van der Waals surface area contributed by atoms with Crippen molar-refractivity contribution in [3.63, 3.8) is 0 Å². The number of ether oxygens (including phenoxy) is 1. The van der Waals surface area contributed by atoms with Gasteiger partial charge in [0.05, 0.1) is 17.6 Å². The molecule has 0 aromatic heterocycles. The van der Waals surface area contributed by atoms with Crippen LogP contribution in [0.3, 0.4) is 0 Å². The zero-order valence-corrected chi connectivity index (χ0v) is 14.7. The van der Waals surface area contributed by atoms with Gasteiger partial charge in [-0.05, 0) is 24.6 Å². The summed E-state index contributed by atoms with van der Waals surface area (Å²) in [4.78, 5) is 11.3. The Morgan fingerprint density at radius 1 is 1.43 bits per heavy atom. The molecule has 6 nitrogen and oxygen atoms in total. The minimum Gasteiger partial charge on any atom is -0.465 e. The molecule has 9 heteroatoms. The van der Waals surface area contributed by atoms with Crippen LogP contribution in [-0.4, -0.2) is 34.1 Å². The summed E-state index contributed by atoms with van der Waals surface area (Å²) in [7, 11) is -2.90. The summed E-state index contributed by atoms with van der Waals surface area (Å²) in [6.07, 6.45) is 2.31. The van der Waals surface area contributed by atoms with Crippen molar-refractivity contribution in [3.8, 4) is 0 Å². The molecule has 0 saturated carbocycles. The first-order valence-corrected chi connectivity index (χ1v) is 8.44. The number of rotatable bonds is 8. The topological polar surface area (TPSA) is 98.5 Å². The van der Waals surface area contributed by atoms with E-state index in [4.69, 9.17) is 5.73 Å². The Labute approximate surface area is 142 Å². The molecule has 0 amide bonds. The molecule has 1 atom stereocenters. The molecule has 0 radical (unpaired) electrons. The van der Waals surface area contributed by atoms with Crippen LogP contribution in [0.4, 0.5) is 4.39 Å². The number of nitrogens with two attached hydrogens (primary N) is 1. The van der Waals surface area contributed by atoms with Gasteiger partial charge in [0.25, 0.3) is 0 Å². The lowest BCUT2D eigenvalue weighted by molar-refractivity contribution is 0.0595. The molecule has 3 N–H and O–H groups in total. The lowest BCUT2D eigenvalue weighted by Crippen LogP contribution is -2.40. The molecule has 0 aliphatic rings. The van der Waals surface area contributed by atoms with Gasteiger partial charge in [-0.3, -0.25) is 0 Å². The van der Waals surface area contributed by atoms with Crippen molar-refractivity contribution in [2.75, 3.05) is 13.7 Å². The van der Waals surface area contributed by atoms with E-state index in [9.17, 15) is 17.6 Å². The van der Waals surface area contributed by atoms with Crippen LogP contribution in [0.5, 0.6) is 0 Å². The smallest absolute Gasteiger partial charge is 0.339 e. The van der Waals surface area contributed by atoms with E-state index in [2.05, 4.69) is 9.46 Å². The molecule has 1 unspecified atom stereocenters. The van der Waals surface area contributed by atoms with Crippen molar-refractivity contribution in [2.45, 2.75) is 37.1 Å². The molecule has 0 heterocycles. The van der Waals surface area contributed by atoms with Gasteiger partial charge in [0.15, 0.2) is 0 Å². The average molecular weight is 369 g/mol. The third-order valence-corrected chi connectivity index (χ3v) is 4.73. The van der Waals surface area contributed by atoms with Gasteiger partial charge in [-0.15, -0.1) is 12.4 Å². The molecule has 132 valence electrons. The van der Waals surface area contributed by atoms with Crippen molar-refractivity contribution in [1.82, 2.24) is 4.72 Å². The molecule has 0 spiro atoms. The highest BCUT2D eigenvalue weighted by molar-refractivity contribution is 7.89. The molecule has 0 fully saturated rings. The maximum absolute atomic E-state index is 13.3. The second-order valence-corrected chi connectivity index (χ2v) is 6.51. The van der Waals surface area contributed by atoms with E-state index in [1.54, 1.807) is 0 Å². The number of hydrogen-bond donors (Lipinski definition) is 2. The van der Waals surface area contributed by atoms with Crippen molar-refractivity contribution in [2.24, 2.45) is 5.73 Å². The molecule has 1 rings (SSSR count). The first kappa shape index (κ1) is 21.8. The molecule has 23 heavy (non-hydrogen) atoms. The van der Waals surface area contributed by atoms with Crippen LogP contribution in [0.1, 0.15) is 36.5 Å². The summed E-state index contributed by atoms with van der Waals surface area (Å²) in [5.74, 6) is -1.64. The van der Waals surface area contributed by atoms with E-state index in [1.807, 2.05) is 6.92 Å². The van der Waals surface area contributed by atoms with Gasteiger partial charge in [0.1, 0.15) is 5.82 Å². The number of hydrogen-bond acceptors (Lipinski definition) is 5. The molecule has 0 saturated heterocycles. The third-order valence-electron chi connectivity index (χ3n) is 3.15. The number of methoxy groups -OCH3 is 1. The van der Waals surface area contributed by atoms with Crippen LogP contribution in [0, 0.1) is 5.82 Å². The Morgan fingerprint density at radius 2 is 2.09 bits per heavy atom. The average Bonchev–Trinajstić information content (AvgIpc) is 2.50. The molecule has 0 aliphatic heterocycles. The third kappa shape index (κ3) is 6.06. The summed E-state index contributed by atoms with van der Waals surface area (Å²) in [5, 5.41) is 0. The van der Waals surface area contributed by atoms with Gasteiger partial charge >= 0.3 is 5.97 Å². The molecule has 0 bridgehead atoms. The number of unbranched alkanes of at least 4 members (excludes halogenated alkanes) is 1. The Morgan fingerprint density at radius 3 is 2.61 bits per heavy atom. The Kier molecular flexibility index (Phi) is 9.29. The maximum Gasteiger partial charge on any atom is 0.339 e. The highest BCUT2D eigenvalue weighted by Gasteiger charge is 2.25. The van der Waals surface area contributed by atoms with Crippen molar-refractivity contribution >= 4 is 28.4 Å². The van der Waals surface area contributed by atoms with E-state index < -0.39 is 27.9 Å². The fourth-order valence-electron chi connectivity index (χ4n) is 1.96. The number of benzene rings is 1. The number of carbonyl (C=O) groups excluding carboxylic acids is 1. The standard InChI is InChI=1S/C14H21FN2O4S.ClH/c1-3-4-5-11(9-16)17-22(19,20)13-7-6-10(15)8-12(13)14(18)21-2;/h6-8,11,17H,3-5,9,16H2,1-2H3;1H.